The molecule has 0 aliphatic heterocycles. The van der Waals surface area contributed by atoms with E-state index in [2.05, 4.69) is 15.9 Å². The zero-order valence-corrected chi connectivity index (χ0v) is 13.1. The summed E-state index contributed by atoms with van der Waals surface area (Å²) >= 11 is 3.29. The third-order valence-corrected chi connectivity index (χ3v) is 3.34. The van der Waals surface area contributed by atoms with E-state index in [0.717, 1.165) is 4.47 Å². The van der Waals surface area contributed by atoms with Crippen LogP contribution in [0.2, 0.25) is 0 Å². The summed E-state index contributed by atoms with van der Waals surface area (Å²) in [6, 6.07) is 11.5. The molecule has 0 aromatic heterocycles. The van der Waals surface area contributed by atoms with Crippen molar-refractivity contribution in [2.75, 3.05) is 7.11 Å². The highest BCUT2D eigenvalue weighted by molar-refractivity contribution is 9.10. The zero-order chi connectivity index (χ0) is 15.4. The number of hydrogen-bond acceptors (Lipinski definition) is 4. The van der Waals surface area contributed by atoms with Crippen molar-refractivity contribution in [2.45, 2.75) is 6.92 Å². The molecule has 0 fully saturated rings. The lowest BCUT2D eigenvalue weighted by Gasteiger charge is -2.09. The van der Waals surface area contributed by atoms with Gasteiger partial charge < -0.3 is 9.47 Å². The summed E-state index contributed by atoms with van der Waals surface area (Å²) < 4.78 is 11.1. The minimum Gasteiger partial charge on any atom is -0.497 e. The fourth-order valence-electron chi connectivity index (χ4n) is 1.75. The number of Topliss-reactive ketones (excluding diaryl/α,β-unsaturated/α-hetero) is 1. The van der Waals surface area contributed by atoms with Crippen molar-refractivity contribution in [2.24, 2.45) is 0 Å². The van der Waals surface area contributed by atoms with E-state index in [1.165, 1.54) is 6.92 Å². The molecule has 21 heavy (non-hydrogen) atoms. The van der Waals surface area contributed by atoms with E-state index >= 15 is 0 Å². The molecule has 0 spiro atoms. The van der Waals surface area contributed by atoms with Crippen molar-refractivity contribution in [3.63, 3.8) is 0 Å². The van der Waals surface area contributed by atoms with Gasteiger partial charge in [0, 0.05) is 4.47 Å². The second-order valence-electron chi connectivity index (χ2n) is 4.31. The molecule has 0 radical (unpaired) electrons. The van der Waals surface area contributed by atoms with Gasteiger partial charge in [-0.2, -0.15) is 0 Å². The lowest BCUT2D eigenvalue weighted by molar-refractivity contribution is 0.0733. The zero-order valence-electron chi connectivity index (χ0n) is 11.6. The average Bonchev–Trinajstić information content (AvgIpc) is 2.49. The van der Waals surface area contributed by atoms with Gasteiger partial charge in [-0.15, -0.1) is 0 Å². The van der Waals surface area contributed by atoms with Gasteiger partial charge >= 0.3 is 5.97 Å². The summed E-state index contributed by atoms with van der Waals surface area (Å²) in [5.74, 6) is 0.197. The fourth-order valence-corrected chi connectivity index (χ4v) is 2.11. The number of ketones is 1. The Kier molecular flexibility index (Phi) is 4.75. The van der Waals surface area contributed by atoms with Gasteiger partial charge in [0.1, 0.15) is 11.5 Å². The Balaban J connectivity index is 2.24. The van der Waals surface area contributed by atoms with Crippen LogP contribution in [0.1, 0.15) is 27.6 Å². The molecule has 0 bridgehead atoms. The van der Waals surface area contributed by atoms with Gasteiger partial charge in [-0.1, -0.05) is 15.9 Å². The largest absolute Gasteiger partial charge is 0.497 e. The molecule has 0 heterocycles. The second-order valence-corrected chi connectivity index (χ2v) is 5.23. The molecule has 0 amide bonds. The van der Waals surface area contributed by atoms with Crippen LogP contribution in [0.15, 0.2) is 46.9 Å². The smallest absolute Gasteiger partial charge is 0.343 e. The maximum absolute atomic E-state index is 12.1. The fraction of sp³-hybridized carbons (Fsp3) is 0.125. The molecule has 0 aliphatic rings. The lowest BCUT2D eigenvalue weighted by atomic mass is 10.1. The van der Waals surface area contributed by atoms with Gasteiger partial charge in [0.25, 0.3) is 0 Å². The quantitative estimate of drug-likeness (QED) is 0.478. The van der Waals surface area contributed by atoms with Crippen LogP contribution in [0.25, 0.3) is 0 Å². The van der Waals surface area contributed by atoms with Crippen LogP contribution in [0.4, 0.5) is 0 Å². The predicted octanol–water partition coefficient (Wildman–Crippen LogP) is 3.88. The van der Waals surface area contributed by atoms with Gasteiger partial charge in [0.05, 0.1) is 18.2 Å². The second kappa shape index (κ2) is 6.54. The van der Waals surface area contributed by atoms with Crippen molar-refractivity contribution >= 4 is 27.7 Å². The van der Waals surface area contributed by atoms with E-state index in [1.54, 1.807) is 49.6 Å². The maximum atomic E-state index is 12.1. The number of rotatable bonds is 4. The maximum Gasteiger partial charge on any atom is 0.343 e. The molecule has 0 aliphatic carbocycles. The first-order valence-electron chi connectivity index (χ1n) is 6.18. The molecule has 0 atom stereocenters. The SMILES string of the molecule is COc1ccc(C(=O)Oc2ccc(Br)cc2C(C)=O)cc1. The number of esters is 1. The highest BCUT2D eigenvalue weighted by Crippen LogP contribution is 2.25. The molecule has 0 saturated carbocycles. The third-order valence-electron chi connectivity index (χ3n) is 2.85. The molecular formula is C16H13BrO4. The Morgan fingerprint density at radius 3 is 2.29 bits per heavy atom. The van der Waals surface area contributed by atoms with Crippen molar-refractivity contribution in [3.8, 4) is 11.5 Å². The number of hydrogen-bond donors (Lipinski definition) is 0. The van der Waals surface area contributed by atoms with E-state index in [9.17, 15) is 9.59 Å². The van der Waals surface area contributed by atoms with Crippen LogP contribution >= 0.6 is 15.9 Å². The highest BCUT2D eigenvalue weighted by atomic mass is 79.9. The Hall–Kier alpha value is -2.14. The van der Waals surface area contributed by atoms with E-state index in [0.29, 0.717) is 16.9 Å². The molecule has 2 rings (SSSR count). The summed E-state index contributed by atoms with van der Waals surface area (Å²) in [4.78, 5) is 23.7. The number of benzene rings is 2. The summed E-state index contributed by atoms with van der Waals surface area (Å²) in [6.07, 6.45) is 0. The molecular weight excluding hydrogens is 336 g/mol. The molecule has 0 N–H and O–H groups in total. The minimum atomic E-state index is -0.525. The average molecular weight is 349 g/mol. The minimum absolute atomic E-state index is 0.172. The molecule has 0 saturated heterocycles. The number of halogens is 1. The normalized spacial score (nSPS) is 10.0. The van der Waals surface area contributed by atoms with E-state index in [1.807, 2.05) is 0 Å². The van der Waals surface area contributed by atoms with Crippen molar-refractivity contribution in [1.29, 1.82) is 0 Å². The summed E-state index contributed by atoms with van der Waals surface area (Å²) in [5.41, 5.74) is 0.736. The van der Waals surface area contributed by atoms with Gasteiger partial charge in [0.15, 0.2) is 5.78 Å². The van der Waals surface area contributed by atoms with Crippen LogP contribution in [0, 0.1) is 0 Å². The Morgan fingerprint density at radius 1 is 1.05 bits per heavy atom. The number of carbonyl (C=O) groups is 2. The lowest BCUT2D eigenvalue weighted by Crippen LogP contribution is -2.10. The van der Waals surface area contributed by atoms with Crippen molar-refractivity contribution in [3.05, 3.63) is 58.1 Å². The van der Waals surface area contributed by atoms with Gasteiger partial charge in [-0.05, 0) is 49.4 Å². The topological polar surface area (TPSA) is 52.6 Å². The Bertz CT molecular complexity index is 677. The Morgan fingerprint density at radius 2 is 1.71 bits per heavy atom. The summed E-state index contributed by atoms with van der Waals surface area (Å²) in [6.45, 7) is 1.42. The van der Waals surface area contributed by atoms with Crippen molar-refractivity contribution < 1.29 is 19.1 Å². The van der Waals surface area contributed by atoms with Gasteiger partial charge in [0.2, 0.25) is 0 Å². The predicted molar refractivity (Wildman–Crippen MR) is 82.1 cm³/mol. The van der Waals surface area contributed by atoms with Crippen LogP contribution in [-0.4, -0.2) is 18.9 Å². The van der Waals surface area contributed by atoms with E-state index in [-0.39, 0.29) is 11.5 Å². The number of ether oxygens (including phenoxy) is 2. The van der Waals surface area contributed by atoms with Gasteiger partial charge in [-0.3, -0.25) is 4.79 Å². The third kappa shape index (κ3) is 3.70. The van der Waals surface area contributed by atoms with E-state index in [4.69, 9.17) is 9.47 Å². The van der Waals surface area contributed by atoms with Crippen LogP contribution in [0.3, 0.4) is 0 Å². The van der Waals surface area contributed by atoms with Crippen molar-refractivity contribution in [1.82, 2.24) is 0 Å². The van der Waals surface area contributed by atoms with E-state index < -0.39 is 5.97 Å². The molecule has 0 unspecified atom stereocenters. The van der Waals surface area contributed by atoms with Gasteiger partial charge in [-0.25, -0.2) is 4.79 Å². The highest BCUT2D eigenvalue weighted by Gasteiger charge is 2.14. The monoisotopic (exact) mass is 348 g/mol. The number of carbonyl (C=O) groups excluding carboxylic acids is 2. The first kappa shape index (κ1) is 15.3. The Labute approximate surface area is 130 Å². The summed E-state index contributed by atoms with van der Waals surface area (Å²) in [5, 5.41) is 0. The molecule has 2 aromatic rings. The molecule has 108 valence electrons. The van der Waals surface area contributed by atoms with Crippen LogP contribution in [-0.2, 0) is 0 Å². The molecule has 5 heteroatoms. The first-order valence-corrected chi connectivity index (χ1v) is 6.97. The first-order chi connectivity index (χ1) is 10.0. The molecule has 2 aromatic carbocycles. The summed E-state index contributed by atoms with van der Waals surface area (Å²) in [7, 11) is 1.55. The van der Waals surface area contributed by atoms with Crippen LogP contribution in [0.5, 0.6) is 11.5 Å². The standard InChI is InChI=1S/C16H13BrO4/c1-10(18)14-9-12(17)5-8-15(14)21-16(19)11-3-6-13(20-2)7-4-11/h3-9H,1-2H3. The number of methoxy groups -OCH3 is 1. The molecule has 4 nitrogen and oxygen atoms in total. The van der Waals surface area contributed by atoms with Crippen LogP contribution < -0.4 is 9.47 Å².